The Kier molecular flexibility index (Phi) is 6.23. The minimum Gasteiger partial charge on any atom is -0.382 e. The number of nitrogens with two attached hydrogens (primary N) is 1. The average Bonchev–Trinajstić information content (AvgIpc) is 3.39. The smallest absolute Gasteiger partial charge is 0.263 e. The number of hydrogen-bond donors (Lipinski definition) is 2. The topological polar surface area (TPSA) is 115 Å². The molecule has 0 saturated heterocycles. The largest absolute Gasteiger partial charge is 0.382 e. The first kappa shape index (κ1) is 22.9. The number of pyridine rings is 2. The molecule has 178 valence electrons. The fourth-order valence-electron chi connectivity index (χ4n) is 4.27. The van der Waals surface area contributed by atoms with Gasteiger partial charge in [0.2, 0.25) is 0 Å². The van der Waals surface area contributed by atoms with Gasteiger partial charge in [-0.15, -0.1) is 0 Å². The monoisotopic (exact) mass is 475 g/mol. The van der Waals surface area contributed by atoms with Gasteiger partial charge in [-0.05, 0) is 60.2 Å². The lowest BCUT2D eigenvalue weighted by atomic mass is 9.98. The Labute approximate surface area is 207 Å². The highest BCUT2D eigenvalue weighted by molar-refractivity contribution is 5.96. The molecule has 4 heterocycles. The number of aryl methyl sites for hydroxylation is 2. The van der Waals surface area contributed by atoms with Gasteiger partial charge in [0.15, 0.2) is 11.5 Å². The lowest BCUT2D eigenvalue weighted by molar-refractivity contribution is 0.889. The van der Waals surface area contributed by atoms with Gasteiger partial charge in [-0.1, -0.05) is 43.3 Å². The van der Waals surface area contributed by atoms with Crippen LogP contribution in [0.2, 0.25) is 0 Å². The Bertz CT molecular complexity index is 1720. The summed E-state index contributed by atoms with van der Waals surface area (Å²) in [6, 6.07) is 22.0. The van der Waals surface area contributed by atoms with Crippen molar-refractivity contribution in [3.8, 4) is 16.8 Å². The van der Waals surface area contributed by atoms with Gasteiger partial charge in [-0.25, -0.2) is 15.0 Å². The molecule has 6 rings (SSSR count). The van der Waals surface area contributed by atoms with E-state index in [9.17, 15) is 4.79 Å². The lowest BCUT2D eigenvalue weighted by Crippen LogP contribution is -2.22. The fourth-order valence-corrected chi connectivity index (χ4v) is 4.27. The van der Waals surface area contributed by atoms with Crippen molar-refractivity contribution < 1.29 is 0 Å². The molecule has 3 N–H and O–H groups in total. The summed E-state index contributed by atoms with van der Waals surface area (Å²) in [4.78, 5) is 32.2. The van der Waals surface area contributed by atoms with Crippen LogP contribution in [0.1, 0.15) is 18.3 Å². The van der Waals surface area contributed by atoms with E-state index in [4.69, 9.17) is 5.73 Å². The van der Waals surface area contributed by atoms with Crippen LogP contribution >= 0.6 is 0 Å². The highest BCUT2D eigenvalue weighted by Gasteiger charge is 2.14. The van der Waals surface area contributed by atoms with Crippen LogP contribution in [0.5, 0.6) is 0 Å². The molecule has 8 heteroatoms. The summed E-state index contributed by atoms with van der Waals surface area (Å²) < 4.78 is 1.83. The summed E-state index contributed by atoms with van der Waals surface area (Å²) in [6.07, 6.45) is 5.51. The van der Waals surface area contributed by atoms with Gasteiger partial charge in [-0.2, -0.15) is 0 Å². The standard InChI is InChI=1S/C23H20N2O.C5H5N5/c1-3-19-15-18-8-7-11-21(17-12-13-24-16(2)14-17)22(18)23(26)25(19)20-9-5-4-6-10-20;6-4-3-5(9-1-7-3)10-2-8-4/h4-15H,3H2,1-2H3;1-2H,(H3,6,7,8,9,10). The number of fused-ring (bicyclic) bond motifs is 2. The minimum atomic E-state index is 0.0237. The van der Waals surface area contributed by atoms with Gasteiger partial charge in [0.25, 0.3) is 5.56 Å². The number of aromatic nitrogens is 6. The maximum atomic E-state index is 13.5. The van der Waals surface area contributed by atoms with Crippen LogP contribution in [0.3, 0.4) is 0 Å². The van der Waals surface area contributed by atoms with Crippen molar-refractivity contribution in [2.24, 2.45) is 0 Å². The molecule has 2 aromatic carbocycles. The quantitative estimate of drug-likeness (QED) is 0.378. The van der Waals surface area contributed by atoms with E-state index in [1.54, 1.807) is 6.20 Å². The number of rotatable bonds is 3. The highest BCUT2D eigenvalue weighted by atomic mass is 16.1. The zero-order chi connectivity index (χ0) is 25.1. The van der Waals surface area contributed by atoms with Crippen LogP contribution in [0.4, 0.5) is 5.82 Å². The number of nitrogen functional groups attached to an aromatic ring is 1. The minimum absolute atomic E-state index is 0.0237. The molecule has 0 aliphatic carbocycles. The van der Waals surface area contributed by atoms with Gasteiger partial charge in [-0.3, -0.25) is 14.3 Å². The Hall–Kier alpha value is -4.85. The number of aromatic amines is 1. The predicted molar refractivity (Wildman–Crippen MR) is 143 cm³/mol. The van der Waals surface area contributed by atoms with Crippen molar-refractivity contribution >= 4 is 27.8 Å². The second-order valence-electron chi connectivity index (χ2n) is 8.28. The number of anilines is 1. The number of nitrogens with zero attached hydrogens (tertiary/aromatic N) is 5. The van der Waals surface area contributed by atoms with E-state index in [1.807, 2.05) is 72.2 Å². The first-order valence-electron chi connectivity index (χ1n) is 11.6. The SMILES string of the molecule is CCc1cc2cccc(-c3ccnc(C)c3)c2c(=O)n1-c1ccccc1.Nc1ncnc2nc[nH]c12. The number of imidazole rings is 1. The lowest BCUT2D eigenvalue weighted by Gasteiger charge is -2.15. The van der Waals surface area contributed by atoms with Crippen molar-refractivity contribution in [3.63, 3.8) is 0 Å². The van der Waals surface area contributed by atoms with Crippen molar-refractivity contribution in [1.82, 2.24) is 29.5 Å². The van der Waals surface area contributed by atoms with Crippen molar-refractivity contribution in [3.05, 3.63) is 107 Å². The molecule has 0 amide bonds. The second-order valence-corrected chi connectivity index (χ2v) is 8.28. The molecule has 0 aliphatic heterocycles. The van der Waals surface area contributed by atoms with E-state index in [0.29, 0.717) is 17.0 Å². The highest BCUT2D eigenvalue weighted by Crippen LogP contribution is 2.28. The molecule has 0 aliphatic rings. The first-order chi connectivity index (χ1) is 17.6. The molecule has 0 atom stereocenters. The molecule has 0 bridgehead atoms. The number of benzene rings is 2. The molecule has 0 saturated carbocycles. The maximum absolute atomic E-state index is 13.5. The molecule has 8 nitrogen and oxygen atoms in total. The Morgan fingerprint density at radius 3 is 2.53 bits per heavy atom. The van der Waals surface area contributed by atoms with Crippen molar-refractivity contribution in [2.75, 3.05) is 5.73 Å². The van der Waals surface area contributed by atoms with Crippen LogP contribution in [0.15, 0.2) is 90.4 Å². The van der Waals surface area contributed by atoms with E-state index < -0.39 is 0 Å². The van der Waals surface area contributed by atoms with E-state index >= 15 is 0 Å². The number of hydrogen-bond acceptors (Lipinski definition) is 6. The zero-order valence-electron chi connectivity index (χ0n) is 20.0. The molecule has 4 aromatic heterocycles. The molecule has 36 heavy (non-hydrogen) atoms. The van der Waals surface area contributed by atoms with E-state index in [-0.39, 0.29) is 5.56 Å². The normalized spacial score (nSPS) is 10.8. The maximum Gasteiger partial charge on any atom is 0.263 e. The summed E-state index contributed by atoms with van der Waals surface area (Å²) in [5.41, 5.74) is 11.6. The van der Waals surface area contributed by atoms with Crippen LogP contribution in [-0.4, -0.2) is 29.5 Å². The van der Waals surface area contributed by atoms with E-state index in [0.717, 1.165) is 45.4 Å². The third-order valence-electron chi connectivity index (χ3n) is 5.96. The van der Waals surface area contributed by atoms with Crippen LogP contribution in [0, 0.1) is 6.92 Å². The second kappa shape index (κ2) is 9.79. The molecule has 0 spiro atoms. The van der Waals surface area contributed by atoms with Gasteiger partial charge < -0.3 is 10.7 Å². The molecular weight excluding hydrogens is 450 g/mol. The van der Waals surface area contributed by atoms with Gasteiger partial charge in [0.05, 0.1) is 11.7 Å². The van der Waals surface area contributed by atoms with Crippen molar-refractivity contribution in [1.29, 1.82) is 0 Å². The van der Waals surface area contributed by atoms with Crippen LogP contribution < -0.4 is 11.3 Å². The fraction of sp³-hybridized carbons (Fsp3) is 0.107. The summed E-state index contributed by atoms with van der Waals surface area (Å²) in [6.45, 7) is 4.04. The van der Waals surface area contributed by atoms with Gasteiger partial charge in [0, 0.05) is 23.3 Å². The van der Waals surface area contributed by atoms with Gasteiger partial charge in [0.1, 0.15) is 11.8 Å². The number of para-hydroxylation sites is 1. The Balaban J connectivity index is 0.000000222. The Morgan fingerprint density at radius 2 is 1.78 bits per heavy atom. The van der Waals surface area contributed by atoms with Crippen LogP contribution in [0.25, 0.3) is 38.8 Å². The predicted octanol–water partition coefficient (Wildman–Crippen LogP) is 4.86. The third kappa shape index (κ3) is 4.32. The number of nitrogens with one attached hydrogen (secondary N) is 1. The molecular formula is C28H25N7O. The zero-order valence-corrected chi connectivity index (χ0v) is 20.0. The van der Waals surface area contributed by atoms with Crippen LogP contribution in [-0.2, 0) is 6.42 Å². The third-order valence-corrected chi connectivity index (χ3v) is 5.96. The summed E-state index contributed by atoms with van der Waals surface area (Å²) in [5, 5.41) is 1.73. The molecule has 0 radical (unpaired) electrons. The molecule has 6 aromatic rings. The van der Waals surface area contributed by atoms with E-state index in [2.05, 4.69) is 37.9 Å². The summed E-state index contributed by atoms with van der Waals surface area (Å²) in [7, 11) is 0. The van der Waals surface area contributed by atoms with Crippen molar-refractivity contribution in [2.45, 2.75) is 20.3 Å². The Morgan fingerprint density at radius 1 is 0.944 bits per heavy atom. The van der Waals surface area contributed by atoms with Gasteiger partial charge >= 0.3 is 0 Å². The summed E-state index contributed by atoms with van der Waals surface area (Å²) in [5.74, 6) is 0.433. The number of H-pyrrole nitrogens is 1. The molecule has 0 fully saturated rings. The average molecular weight is 476 g/mol. The van der Waals surface area contributed by atoms with E-state index in [1.165, 1.54) is 12.7 Å². The summed E-state index contributed by atoms with van der Waals surface area (Å²) >= 11 is 0. The first-order valence-corrected chi connectivity index (χ1v) is 11.6. The molecule has 0 unspecified atom stereocenters.